The van der Waals surface area contributed by atoms with Gasteiger partial charge in [0.15, 0.2) is 0 Å². The molecule has 0 aromatic carbocycles. The minimum Gasteiger partial charge on any atom is -0.466 e. The minimum atomic E-state index is 0.0421. The fraction of sp³-hybridized carbons (Fsp3) is 0.923. The minimum absolute atomic E-state index is 0.0421. The number of carbonyl (C=O) groups excluding carboxylic acids is 1. The van der Waals surface area contributed by atoms with Crippen molar-refractivity contribution in [1.82, 2.24) is 4.90 Å². The smallest absolute Gasteiger partial charge is 0.309 e. The predicted molar refractivity (Wildman–Crippen MR) is 63.1 cm³/mol. The summed E-state index contributed by atoms with van der Waals surface area (Å²) in [5.74, 6) is 0.252. The Morgan fingerprint density at radius 3 is 2.56 bits per heavy atom. The second-order valence-corrected chi connectivity index (χ2v) is 5.50. The first-order valence-corrected chi connectivity index (χ1v) is 6.50. The Morgan fingerprint density at radius 1 is 1.44 bits per heavy atom. The molecule has 1 atom stereocenters. The van der Waals surface area contributed by atoms with Gasteiger partial charge in [-0.15, -0.1) is 0 Å². The quantitative estimate of drug-likeness (QED) is 0.689. The number of likely N-dealkylation sites (tertiary alicyclic amines) is 1. The van der Waals surface area contributed by atoms with Crippen molar-refractivity contribution in [3.63, 3.8) is 0 Å². The van der Waals surface area contributed by atoms with Gasteiger partial charge in [-0.1, -0.05) is 0 Å². The molecule has 1 saturated heterocycles. The van der Waals surface area contributed by atoms with E-state index in [9.17, 15) is 4.79 Å². The van der Waals surface area contributed by atoms with Crippen molar-refractivity contribution in [3.8, 4) is 0 Å². The largest absolute Gasteiger partial charge is 0.466 e. The van der Waals surface area contributed by atoms with E-state index in [1.807, 2.05) is 6.92 Å². The molecule has 0 aromatic rings. The van der Waals surface area contributed by atoms with Gasteiger partial charge in [-0.3, -0.25) is 4.79 Å². The first kappa shape index (κ1) is 11.9. The van der Waals surface area contributed by atoms with E-state index < -0.39 is 0 Å². The number of esters is 1. The van der Waals surface area contributed by atoms with E-state index in [0.717, 1.165) is 19.5 Å². The molecule has 0 radical (unpaired) electrons. The van der Waals surface area contributed by atoms with Crippen molar-refractivity contribution in [2.75, 3.05) is 19.7 Å². The van der Waals surface area contributed by atoms with Gasteiger partial charge in [0.1, 0.15) is 0 Å². The van der Waals surface area contributed by atoms with Crippen molar-refractivity contribution < 1.29 is 9.53 Å². The first-order chi connectivity index (χ1) is 7.59. The molecule has 2 aliphatic rings. The van der Waals surface area contributed by atoms with Crippen LogP contribution in [-0.2, 0) is 9.53 Å². The van der Waals surface area contributed by atoms with Gasteiger partial charge >= 0.3 is 5.97 Å². The molecule has 1 unspecified atom stereocenters. The second-order valence-electron chi connectivity index (χ2n) is 5.50. The maximum Gasteiger partial charge on any atom is 0.309 e. The van der Waals surface area contributed by atoms with Crippen LogP contribution in [0.4, 0.5) is 0 Å². The average molecular weight is 225 g/mol. The number of hydrogen-bond donors (Lipinski definition) is 0. The highest BCUT2D eigenvalue weighted by Gasteiger charge is 2.59. The molecule has 2 rings (SSSR count). The van der Waals surface area contributed by atoms with Crippen LogP contribution in [0, 0.1) is 11.3 Å². The number of hydrogen-bond acceptors (Lipinski definition) is 3. The molecule has 3 nitrogen and oxygen atoms in total. The molecule has 1 heterocycles. The molecule has 0 bridgehead atoms. The number of nitrogens with zero attached hydrogens (tertiary/aromatic N) is 1. The van der Waals surface area contributed by atoms with Crippen LogP contribution < -0.4 is 0 Å². The standard InChI is InChI=1S/C13H23NO2/c1-4-16-12(15)11-9-13(11)5-7-14(8-6-13)10(2)3/h10-11H,4-9H2,1-3H3. The van der Waals surface area contributed by atoms with Crippen molar-refractivity contribution in [3.05, 3.63) is 0 Å². The van der Waals surface area contributed by atoms with Crippen LogP contribution in [-0.4, -0.2) is 36.6 Å². The van der Waals surface area contributed by atoms with Gasteiger partial charge in [-0.2, -0.15) is 0 Å². The van der Waals surface area contributed by atoms with Gasteiger partial charge in [0.2, 0.25) is 0 Å². The summed E-state index contributed by atoms with van der Waals surface area (Å²) in [5, 5.41) is 0. The summed E-state index contributed by atoms with van der Waals surface area (Å²) < 4.78 is 5.12. The van der Waals surface area contributed by atoms with E-state index in [4.69, 9.17) is 4.74 Å². The third-order valence-corrected chi connectivity index (χ3v) is 4.28. The van der Waals surface area contributed by atoms with E-state index >= 15 is 0 Å². The van der Waals surface area contributed by atoms with Gasteiger partial charge in [-0.05, 0) is 58.5 Å². The maximum absolute atomic E-state index is 11.7. The number of rotatable bonds is 3. The van der Waals surface area contributed by atoms with Gasteiger partial charge in [0.25, 0.3) is 0 Å². The summed E-state index contributed by atoms with van der Waals surface area (Å²) >= 11 is 0. The van der Waals surface area contributed by atoms with Crippen LogP contribution >= 0.6 is 0 Å². The Bertz CT molecular complexity index is 267. The van der Waals surface area contributed by atoms with Gasteiger partial charge in [-0.25, -0.2) is 0 Å². The average Bonchev–Trinajstić information content (AvgIpc) is 2.93. The van der Waals surface area contributed by atoms with Gasteiger partial charge < -0.3 is 9.64 Å². The van der Waals surface area contributed by atoms with Gasteiger partial charge in [0, 0.05) is 6.04 Å². The Hall–Kier alpha value is -0.570. The Kier molecular flexibility index (Phi) is 3.24. The molecule has 0 amide bonds. The van der Waals surface area contributed by atoms with Crippen molar-refractivity contribution >= 4 is 5.97 Å². The van der Waals surface area contributed by atoms with E-state index in [0.29, 0.717) is 18.1 Å². The molecular formula is C13H23NO2. The number of carbonyl (C=O) groups is 1. The zero-order chi connectivity index (χ0) is 11.8. The SMILES string of the molecule is CCOC(=O)C1CC12CCN(C(C)C)CC2. The summed E-state index contributed by atoms with van der Waals surface area (Å²) in [4.78, 5) is 14.2. The summed E-state index contributed by atoms with van der Waals surface area (Å²) in [6.07, 6.45) is 3.42. The Labute approximate surface area is 98.1 Å². The van der Waals surface area contributed by atoms with Crippen LogP contribution in [0.25, 0.3) is 0 Å². The molecule has 3 heteroatoms. The van der Waals surface area contributed by atoms with E-state index in [1.54, 1.807) is 0 Å². The normalized spacial score (nSPS) is 28.4. The fourth-order valence-electron chi connectivity index (χ4n) is 2.96. The van der Waals surface area contributed by atoms with Crippen LogP contribution in [0.5, 0.6) is 0 Å². The molecule has 16 heavy (non-hydrogen) atoms. The van der Waals surface area contributed by atoms with Crippen molar-refractivity contribution in [1.29, 1.82) is 0 Å². The lowest BCUT2D eigenvalue weighted by Gasteiger charge is -2.35. The van der Waals surface area contributed by atoms with E-state index in [1.165, 1.54) is 12.8 Å². The lowest BCUT2D eigenvalue weighted by Crippen LogP contribution is -2.40. The monoisotopic (exact) mass is 225 g/mol. The zero-order valence-electron chi connectivity index (χ0n) is 10.7. The lowest BCUT2D eigenvalue weighted by molar-refractivity contribution is -0.146. The third kappa shape index (κ3) is 2.10. The maximum atomic E-state index is 11.7. The molecule has 1 aliphatic carbocycles. The highest BCUT2D eigenvalue weighted by atomic mass is 16.5. The fourth-order valence-corrected chi connectivity index (χ4v) is 2.96. The molecule has 0 N–H and O–H groups in total. The summed E-state index contributed by atoms with van der Waals surface area (Å²) in [7, 11) is 0. The first-order valence-electron chi connectivity index (χ1n) is 6.50. The van der Waals surface area contributed by atoms with Crippen LogP contribution in [0.1, 0.15) is 40.0 Å². The highest BCUT2D eigenvalue weighted by Crippen LogP contribution is 2.59. The Balaban J connectivity index is 1.84. The van der Waals surface area contributed by atoms with Crippen LogP contribution in [0.15, 0.2) is 0 Å². The molecule has 92 valence electrons. The summed E-state index contributed by atoms with van der Waals surface area (Å²) in [6.45, 7) is 9.18. The van der Waals surface area contributed by atoms with Crippen LogP contribution in [0.3, 0.4) is 0 Å². The van der Waals surface area contributed by atoms with E-state index in [2.05, 4.69) is 18.7 Å². The second kappa shape index (κ2) is 4.36. The lowest BCUT2D eigenvalue weighted by atomic mass is 9.90. The molecule has 1 aliphatic heterocycles. The Morgan fingerprint density at radius 2 is 2.06 bits per heavy atom. The highest BCUT2D eigenvalue weighted by molar-refractivity contribution is 5.77. The molecule has 1 spiro atoms. The van der Waals surface area contributed by atoms with E-state index in [-0.39, 0.29) is 11.9 Å². The van der Waals surface area contributed by atoms with Crippen LogP contribution in [0.2, 0.25) is 0 Å². The predicted octanol–water partition coefficient (Wildman–Crippen LogP) is 2.06. The molecular weight excluding hydrogens is 202 g/mol. The summed E-state index contributed by atoms with van der Waals surface area (Å²) in [6, 6.07) is 0.636. The number of piperidine rings is 1. The molecule has 1 saturated carbocycles. The topological polar surface area (TPSA) is 29.5 Å². The van der Waals surface area contributed by atoms with Gasteiger partial charge in [0.05, 0.1) is 12.5 Å². The zero-order valence-corrected chi connectivity index (χ0v) is 10.7. The third-order valence-electron chi connectivity index (χ3n) is 4.28. The summed E-state index contributed by atoms with van der Waals surface area (Å²) in [5.41, 5.74) is 0.317. The van der Waals surface area contributed by atoms with Crippen molar-refractivity contribution in [2.45, 2.75) is 46.1 Å². The van der Waals surface area contributed by atoms with Crippen molar-refractivity contribution in [2.24, 2.45) is 11.3 Å². The molecule has 2 fully saturated rings. The molecule has 0 aromatic heterocycles. The number of ether oxygens (including phenoxy) is 1.